The molecule has 5 nitrogen and oxygen atoms in total. The van der Waals surface area contributed by atoms with Gasteiger partial charge in [-0.25, -0.2) is 0 Å². The van der Waals surface area contributed by atoms with E-state index in [1.165, 1.54) is 18.4 Å². The highest BCUT2D eigenvalue weighted by Gasteiger charge is 2.41. The van der Waals surface area contributed by atoms with Crippen LogP contribution in [0.1, 0.15) is 31.2 Å². The van der Waals surface area contributed by atoms with Crippen LogP contribution in [0.4, 0.5) is 0 Å². The lowest BCUT2D eigenvalue weighted by Gasteiger charge is -2.23. The summed E-state index contributed by atoms with van der Waals surface area (Å²) in [4.78, 5) is 6.70. The van der Waals surface area contributed by atoms with Crippen LogP contribution in [0.5, 0.6) is 0 Å². The van der Waals surface area contributed by atoms with E-state index >= 15 is 0 Å². The molecule has 0 amide bonds. The lowest BCUT2D eigenvalue weighted by Crippen LogP contribution is -2.47. The van der Waals surface area contributed by atoms with Crippen molar-refractivity contribution in [3.05, 3.63) is 35.9 Å². The van der Waals surface area contributed by atoms with Crippen molar-refractivity contribution in [2.45, 2.75) is 50.5 Å². The highest BCUT2D eigenvalue weighted by molar-refractivity contribution is 14.0. The van der Waals surface area contributed by atoms with Gasteiger partial charge in [0, 0.05) is 20.1 Å². The molecule has 140 valence electrons. The Hall–Kier alpha value is -0.860. The fourth-order valence-corrected chi connectivity index (χ4v) is 3.69. The Kier molecular flexibility index (Phi) is 8.45. The van der Waals surface area contributed by atoms with E-state index in [4.69, 9.17) is 4.74 Å². The van der Waals surface area contributed by atoms with Gasteiger partial charge in [-0.15, -0.1) is 24.0 Å². The molecule has 2 bridgehead atoms. The molecule has 2 aliphatic heterocycles. The first-order valence-electron chi connectivity index (χ1n) is 9.09. The van der Waals surface area contributed by atoms with Crippen LogP contribution in [-0.4, -0.2) is 56.3 Å². The predicted molar refractivity (Wildman–Crippen MR) is 114 cm³/mol. The Balaban J connectivity index is 0.00000225. The molecule has 2 aliphatic rings. The zero-order chi connectivity index (χ0) is 16.8. The van der Waals surface area contributed by atoms with Gasteiger partial charge < -0.3 is 20.3 Å². The second-order valence-electron chi connectivity index (χ2n) is 6.94. The summed E-state index contributed by atoms with van der Waals surface area (Å²) in [7, 11) is 4.01. The monoisotopic (exact) mass is 458 g/mol. The summed E-state index contributed by atoms with van der Waals surface area (Å²) < 4.78 is 5.89. The van der Waals surface area contributed by atoms with E-state index in [9.17, 15) is 0 Å². The SMILES string of the molecule is CN=C(NCCCN(C)Cc1ccccc1)NC1CC2CCC1O2.I. The van der Waals surface area contributed by atoms with Crippen LogP contribution in [0.15, 0.2) is 35.3 Å². The van der Waals surface area contributed by atoms with E-state index in [0.717, 1.165) is 38.4 Å². The number of aliphatic imine (C=N–C) groups is 1. The lowest BCUT2D eigenvalue weighted by molar-refractivity contribution is 0.0992. The van der Waals surface area contributed by atoms with Crippen LogP contribution in [0.25, 0.3) is 0 Å². The number of hydrogen-bond acceptors (Lipinski definition) is 3. The molecule has 0 aliphatic carbocycles. The van der Waals surface area contributed by atoms with Gasteiger partial charge in [0.1, 0.15) is 0 Å². The molecular weight excluding hydrogens is 427 g/mol. The van der Waals surface area contributed by atoms with E-state index in [-0.39, 0.29) is 24.0 Å². The molecule has 6 heteroatoms. The van der Waals surface area contributed by atoms with Gasteiger partial charge >= 0.3 is 0 Å². The number of hydrogen-bond donors (Lipinski definition) is 2. The Morgan fingerprint density at radius 2 is 2.08 bits per heavy atom. The smallest absolute Gasteiger partial charge is 0.191 e. The van der Waals surface area contributed by atoms with Crippen molar-refractivity contribution in [3.63, 3.8) is 0 Å². The first-order chi connectivity index (χ1) is 11.7. The minimum atomic E-state index is 0. The van der Waals surface area contributed by atoms with E-state index in [1.807, 2.05) is 7.05 Å². The molecule has 3 unspecified atom stereocenters. The molecule has 2 heterocycles. The van der Waals surface area contributed by atoms with Gasteiger partial charge in [0.05, 0.1) is 18.2 Å². The van der Waals surface area contributed by atoms with Gasteiger partial charge in [0.15, 0.2) is 5.96 Å². The third-order valence-corrected chi connectivity index (χ3v) is 4.96. The first-order valence-corrected chi connectivity index (χ1v) is 9.09. The third kappa shape index (κ3) is 6.11. The zero-order valence-electron chi connectivity index (χ0n) is 15.3. The number of nitrogens with zero attached hydrogens (tertiary/aromatic N) is 2. The fraction of sp³-hybridized carbons (Fsp3) is 0.632. The van der Waals surface area contributed by atoms with Crippen LogP contribution in [-0.2, 0) is 11.3 Å². The summed E-state index contributed by atoms with van der Waals surface area (Å²) in [5, 5.41) is 6.96. The topological polar surface area (TPSA) is 48.9 Å². The molecule has 3 atom stereocenters. The van der Waals surface area contributed by atoms with Crippen molar-refractivity contribution in [2.24, 2.45) is 4.99 Å². The van der Waals surface area contributed by atoms with Gasteiger partial charge in [-0.3, -0.25) is 4.99 Å². The number of fused-ring (bicyclic) bond motifs is 2. The molecule has 2 saturated heterocycles. The molecule has 3 rings (SSSR count). The maximum atomic E-state index is 5.89. The fourth-order valence-electron chi connectivity index (χ4n) is 3.69. The van der Waals surface area contributed by atoms with Crippen molar-refractivity contribution in [2.75, 3.05) is 27.2 Å². The minimum Gasteiger partial charge on any atom is -0.373 e. The molecule has 25 heavy (non-hydrogen) atoms. The maximum absolute atomic E-state index is 5.89. The number of rotatable bonds is 7. The van der Waals surface area contributed by atoms with Crippen LogP contribution in [0, 0.1) is 0 Å². The van der Waals surface area contributed by atoms with Crippen molar-refractivity contribution in [1.29, 1.82) is 0 Å². The number of guanidine groups is 1. The van der Waals surface area contributed by atoms with Crippen LogP contribution < -0.4 is 10.6 Å². The molecule has 2 fully saturated rings. The Morgan fingerprint density at radius 3 is 2.72 bits per heavy atom. The number of nitrogens with one attached hydrogen (secondary N) is 2. The highest BCUT2D eigenvalue weighted by atomic mass is 127. The second kappa shape index (κ2) is 10.3. The number of benzene rings is 1. The van der Waals surface area contributed by atoms with Crippen molar-refractivity contribution in [3.8, 4) is 0 Å². The number of ether oxygens (including phenoxy) is 1. The summed E-state index contributed by atoms with van der Waals surface area (Å²) in [6.45, 7) is 2.99. The second-order valence-corrected chi connectivity index (χ2v) is 6.94. The van der Waals surface area contributed by atoms with Crippen LogP contribution in [0.2, 0.25) is 0 Å². The van der Waals surface area contributed by atoms with Crippen molar-refractivity contribution in [1.82, 2.24) is 15.5 Å². The molecule has 0 aromatic heterocycles. The summed E-state index contributed by atoms with van der Waals surface area (Å²) >= 11 is 0. The Bertz CT molecular complexity index is 539. The summed E-state index contributed by atoms with van der Waals surface area (Å²) in [5.41, 5.74) is 1.36. The van der Waals surface area contributed by atoms with Gasteiger partial charge in [-0.1, -0.05) is 30.3 Å². The van der Waals surface area contributed by atoms with Crippen molar-refractivity contribution >= 4 is 29.9 Å². The largest absolute Gasteiger partial charge is 0.373 e. The molecule has 0 saturated carbocycles. The standard InChI is InChI=1S/C19H30N4O.HI/c1-20-19(22-17-13-16-9-10-18(17)24-16)21-11-6-12-23(2)14-15-7-4-3-5-8-15;/h3-5,7-8,16-18H,6,9-14H2,1-2H3,(H2,20,21,22);1H. The summed E-state index contributed by atoms with van der Waals surface area (Å²) in [6, 6.07) is 11.0. The average Bonchev–Trinajstić information content (AvgIpc) is 3.21. The lowest BCUT2D eigenvalue weighted by atomic mass is 9.96. The van der Waals surface area contributed by atoms with Gasteiger partial charge in [-0.05, 0) is 44.8 Å². The molecule has 0 spiro atoms. The summed E-state index contributed by atoms with van der Waals surface area (Å²) in [5.74, 6) is 0.905. The van der Waals surface area contributed by atoms with E-state index in [0.29, 0.717) is 18.2 Å². The normalized spacial score (nSPS) is 25.1. The third-order valence-electron chi connectivity index (χ3n) is 4.96. The minimum absolute atomic E-state index is 0. The predicted octanol–water partition coefficient (Wildman–Crippen LogP) is 2.61. The van der Waals surface area contributed by atoms with Gasteiger partial charge in [0.2, 0.25) is 0 Å². The van der Waals surface area contributed by atoms with E-state index < -0.39 is 0 Å². The highest BCUT2D eigenvalue weighted by Crippen LogP contribution is 2.34. The molecule has 1 aromatic carbocycles. The average molecular weight is 458 g/mol. The van der Waals surface area contributed by atoms with Crippen LogP contribution >= 0.6 is 24.0 Å². The Labute approximate surface area is 168 Å². The quantitative estimate of drug-likeness (QED) is 0.286. The zero-order valence-corrected chi connectivity index (χ0v) is 17.6. The van der Waals surface area contributed by atoms with Crippen molar-refractivity contribution < 1.29 is 4.74 Å². The molecule has 2 N–H and O–H groups in total. The van der Waals surface area contributed by atoms with Gasteiger partial charge in [0.25, 0.3) is 0 Å². The van der Waals surface area contributed by atoms with Crippen LogP contribution in [0.3, 0.4) is 0 Å². The molecule has 0 radical (unpaired) electrons. The van der Waals surface area contributed by atoms with Gasteiger partial charge in [-0.2, -0.15) is 0 Å². The summed E-state index contributed by atoms with van der Waals surface area (Å²) in [6.07, 6.45) is 5.47. The molecular formula is C19H31IN4O. The Morgan fingerprint density at radius 1 is 1.28 bits per heavy atom. The maximum Gasteiger partial charge on any atom is 0.191 e. The molecule has 1 aromatic rings. The number of halogens is 1. The first kappa shape index (κ1) is 20.5. The van der Waals surface area contributed by atoms with E-state index in [2.05, 4.69) is 57.9 Å². The van der Waals surface area contributed by atoms with E-state index in [1.54, 1.807) is 0 Å².